The van der Waals surface area contributed by atoms with E-state index in [-0.39, 0.29) is 11.7 Å². The van der Waals surface area contributed by atoms with E-state index in [0.29, 0.717) is 31.0 Å². The summed E-state index contributed by atoms with van der Waals surface area (Å²) in [6.07, 6.45) is 0.872. The molecule has 3 rings (SSSR count). The number of anilines is 1. The van der Waals surface area contributed by atoms with Crippen LogP contribution in [-0.4, -0.2) is 28.6 Å². The topological polar surface area (TPSA) is 87.1 Å². The van der Waals surface area contributed by atoms with Gasteiger partial charge in [-0.1, -0.05) is 19.9 Å². The Bertz CT molecular complexity index is 1110. The lowest BCUT2D eigenvalue weighted by molar-refractivity contribution is -0.135. The standard InChI is InChI=1S/C23H21Br2NO5S/c1-3-13(2)16-11-15(6-7-19(16)27)31-22-17(24)9-14(10-18(22)25)26(12-21(28)29)23(30)20-5-4-8-32-20/h4-11,13,27H,3,12H2,1-2H3,(H,28,29). The Balaban J connectivity index is 1.95. The van der Waals surface area contributed by atoms with Crippen LogP contribution < -0.4 is 9.64 Å². The smallest absolute Gasteiger partial charge is 0.323 e. The van der Waals surface area contributed by atoms with Gasteiger partial charge in [-0.15, -0.1) is 11.3 Å². The normalized spacial score (nSPS) is 11.8. The lowest BCUT2D eigenvalue weighted by Gasteiger charge is -2.22. The molecule has 0 bridgehead atoms. The summed E-state index contributed by atoms with van der Waals surface area (Å²) in [6, 6.07) is 11.8. The second kappa shape index (κ2) is 10.5. The van der Waals surface area contributed by atoms with Crippen molar-refractivity contribution >= 4 is 60.8 Å². The lowest BCUT2D eigenvalue weighted by atomic mass is 9.97. The van der Waals surface area contributed by atoms with Crippen LogP contribution in [0.5, 0.6) is 17.2 Å². The van der Waals surface area contributed by atoms with Crippen molar-refractivity contribution in [2.75, 3.05) is 11.4 Å². The molecule has 0 radical (unpaired) electrons. The van der Waals surface area contributed by atoms with Gasteiger partial charge in [0.2, 0.25) is 0 Å². The summed E-state index contributed by atoms with van der Waals surface area (Å²) in [5.41, 5.74) is 1.20. The highest BCUT2D eigenvalue weighted by Crippen LogP contribution is 2.42. The van der Waals surface area contributed by atoms with Gasteiger partial charge < -0.3 is 14.9 Å². The number of aromatic hydroxyl groups is 1. The van der Waals surface area contributed by atoms with Crippen molar-refractivity contribution in [2.24, 2.45) is 0 Å². The van der Waals surface area contributed by atoms with Crippen LogP contribution >= 0.6 is 43.2 Å². The first-order chi connectivity index (χ1) is 15.2. The average molecular weight is 583 g/mol. The number of aliphatic carboxylic acids is 1. The van der Waals surface area contributed by atoms with Crippen molar-refractivity contribution in [2.45, 2.75) is 26.2 Å². The number of nitrogens with zero attached hydrogens (tertiary/aromatic N) is 1. The van der Waals surface area contributed by atoms with E-state index in [1.54, 1.807) is 47.8 Å². The van der Waals surface area contributed by atoms with Gasteiger partial charge in [-0.2, -0.15) is 0 Å². The first-order valence-electron chi connectivity index (χ1n) is 9.78. The fourth-order valence-corrected chi connectivity index (χ4v) is 5.07. The van der Waals surface area contributed by atoms with Crippen LogP contribution in [0.3, 0.4) is 0 Å². The summed E-state index contributed by atoms with van der Waals surface area (Å²) in [6.45, 7) is 3.59. The van der Waals surface area contributed by atoms with Crippen molar-refractivity contribution in [1.29, 1.82) is 0 Å². The predicted octanol–water partition coefficient (Wildman–Crippen LogP) is 7.02. The van der Waals surface area contributed by atoms with Crippen LogP contribution in [0.1, 0.15) is 41.4 Å². The Labute approximate surface area is 206 Å². The molecule has 1 heterocycles. The molecule has 0 fully saturated rings. The third kappa shape index (κ3) is 5.51. The number of rotatable bonds is 8. The quantitative estimate of drug-likeness (QED) is 0.298. The number of carboxylic acids is 1. The van der Waals surface area contributed by atoms with E-state index >= 15 is 0 Å². The van der Waals surface area contributed by atoms with Gasteiger partial charge in [0, 0.05) is 11.3 Å². The van der Waals surface area contributed by atoms with Gasteiger partial charge in [0.25, 0.3) is 5.91 Å². The fraction of sp³-hybridized carbons (Fsp3) is 0.217. The van der Waals surface area contributed by atoms with Crippen LogP contribution in [0, 0.1) is 0 Å². The molecular formula is C23H21Br2NO5S. The predicted molar refractivity (Wildman–Crippen MR) is 132 cm³/mol. The van der Waals surface area contributed by atoms with E-state index in [9.17, 15) is 19.8 Å². The van der Waals surface area contributed by atoms with Crippen molar-refractivity contribution in [3.63, 3.8) is 0 Å². The minimum Gasteiger partial charge on any atom is -0.508 e. The van der Waals surface area contributed by atoms with Crippen molar-refractivity contribution < 1.29 is 24.5 Å². The number of carbonyl (C=O) groups is 2. The zero-order chi connectivity index (χ0) is 23.4. The highest BCUT2D eigenvalue weighted by Gasteiger charge is 2.23. The molecule has 0 aliphatic carbocycles. The Hall–Kier alpha value is -2.36. The molecule has 1 amide bonds. The molecule has 1 aromatic heterocycles. The van der Waals surface area contributed by atoms with E-state index in [1.165, 1.54) is 16.2 Å². The molecule has 2 aromatic carbocycles. The van der Waals surface area contributed by atoms with Gasteiger partial charge in [-0.25, -0.2) is 0 Å². The largest absolute Gasteiger partial charge is 0.508 e. The molecule has 0 aliphatic heterocycles. The van der Waals surface area contributed by atoms with Crippen LogP contribution in [0.2, 0.25) is 0 Å². The number of thiophene rings is 1. The molecule has 0 aliphatic rings. The van der Waals surface area contributed by atoms with E-state index < -0.39 is 18.4 Å². The highest BCUT2D eigenvalue weighted by atomic mass is 79.9. The minimum absolute atomic E-state index is 0.167. The molecule has 168 valence electrons. The molecule has 2 N–H and O–H groups in total. The molecule has 32 heavy (non-hydrogen) atoms. The number of carboxylic acid groups (broad SMARTS) is 1. The van der Waals surface area contributed by atoms with E-state index in [0.717, 1.165) is 12.0 Å². The minimum atomic E-state index is -1.12. The number of phenolic OH excluding ortho intramolecular Hbond substituents is 1. The number of benzene rings is 2. The lowest BCUT2D eigenvalue weighted by Crippen LogP contribution is -2.35. The molecular weight excluding hydrogens is 562 g/mol. The third-order valence-corrected chi connectivity index (χ3v) is 6.96. The Kier molecular flexibility index (Phi) is 7.97. The molecule has 0 spiro atoms. The molecule has 0 saturated heterocycles. The van der Waals surface area contributed by atoms with Gasteiger partial charge in [0.1, 0.15) is 18.0 Å². The number of hydrogen-bond acceptors (Lipinski definition) is 5. The van der Waals surface area contributed by atoms with Gasteiger partial charge >= 0.3 is 5.97 Å². The summed E-state index contributed by atoms with van der Waals surface area (Å²) in [4.78, 5) is 26.0. The van der Waals surface area contributed by atoms with Crippen molar-refractivity contribution in [1.82, 2.24) is 0 Å². The SMILES string of the molecule is CCC(C)c1cc(Oc2c(Br)cc(N(CC(=O)O)C(=O)c3cccs3)cc2Br)ccc1O. The van der Waals surface area contributed by atoms with Crippen LogP contribution in [0.25, 0.3) is 0 Å². The van der Waals surface area contributed by atoms with Gasteiger partial charge in [-0.05, 0) is 86.0 Å². The number of halogens is 2. The van der Waals surface area contributed by atoms with Gasteiger partial charge in [0.15, 0.2) is 5.75 Å². The zero-order valence-electron chi connectivity index (χ0n) is 17.3. The third-order valence-electron chi connectivity index (χ3n) is 4.93. The number of ether oxygens (including phenoxy) is 1. The summed E-state index contributed by atoms with van der Waals surface area (Å²) < 4.78 is 7.13. The Morgan fingerprint density at radius 1 is 1.16 bits per heavy atom. The molecule has 0 saturated carbocycles. The van der Waals surface area contributed by atoms with Crippen LogP contribution in [-0.2, 0) is 4.79 Å². The Morgan fingerprint density at radius 3 is 2.41 bits per heavy atom. The Morgan fingerprint density at radius 2 is 1.84 bits per heavy atom. The zero-order valence-corrected chi connectivity index (χ0v) is 21.3. The second-order valence-electron chi connectivity index (χ2n) is 7.13. The molecule has 9 heteroatoms. The van der Waals surface area contributed by atoms with E-state index in [2.05, 4.69) is 31.9 Å². The monoisotopic (exact) mass is 581 g/mol. The summed E-state index contributed by atoms with van der Waals surface area (Å²) in [5.74, 6) is -0.120. The number of amides is 1. The molecule has 1 atom stereocenters. The van der Waals surface area contributed by atoms with Crippen LogP contribution in [0.4, 0.5) is 5.69 Å². The average Bonchev–Trinajstić information content (AvgIpc) is 3.29. The first-order valence-corrected chi connectivity index (χ1v) is 12.2. The van der Waals surface area contributed by atoms with Gasteiger partial charge in [0.05, 0.1) is 13.8 Å². The molecule has 1 unspecified atom stereocenters. The van der Waals surface area contributed by atoms with E-state index in [1.807, 2.05) is 13.8 Å². The van der Waals surface area contributed by atoms with Crippen molar-refractivity contribution in [3.8, 4) is 17.2 Å². The highest BCUT2D eigenvalue weighted by molar-refractivity contribution is 9.11. The second-order valence-corrected chi connectivity index (χ2v) is 9.79. The summed E-state index contributed by atoms with van der Waals surface area (Å²) in [7, 11) is 0. The maximum atomic E-state index is 12.9. The number of carbonyl (C=O) groups excluding carboxylic acids is 1. The fourth-order valence-electron chi connectivity index (χ4n) is 3.08. The maximum Gasteiger partial charge on any atom is 0.323 e. The maximum absolute atomic E-state index is 12.9. The summed E-state index contributed by atoms with van der Waals surface area (Å²) in [5, 5.41) is 21.3. The van der Waals surface area contributed by atoms with Crippen LogP contribution in [0.15, 0.2) is 56.8 Å². The molecule has 3 aromatic rings. The van der Waals surface area contributed by atoms with Crippen molar-refractivity contribution in [3.05, 3.63) is 67.2 Å². The number of hydrogen-bond donors (Lipinski definition) is 2. The summed E-state index contributed by atoms with van der Waals surface area (Å²) >= 11 is 8.20. The first kappa shape index (κ1) is 24.3. The molecule has 6 nitrogen and oxygen atoms in total. The van der Waals surface area contributed by atoms with Gasteiger partial charge in [-0.3, -0.25) is 14.5 Å². The van der Waals surface area contributed by atoms with E-state index in [4.69, 9.17) is 4.74 Å². The number of phenols is 1.